The maximum Gasteiger partial charge on any atom is 0.324 e. The molecule has 1 fully saturated rings. The summed E-state index contributed by atoms with van der Waals surface area (Å²) in [6.07, 6.45) is 1.34. The SMILES string of the molecule is CCCCS(=O)(=O)NC(Cc1ccc(N2CC(c3cccc(C#N)c3)NC2=O)cc1)C(=O)OC. The van der Waals surface area contributed by atoms with E-state index in [1.807, 2.05) is 13.0 Å². The summed E-state index contributed by atoms with van der Waals surface area (Å²) in [4.78, 5) is 26.3. The molecule has 2 aromatic carbocycles. The first-order valence-electron chi connectivity index (χ1n) is 11.0. The lowest BCUT2D eigenvalue weighted by Crippen LogP contribution is -2.43. The number of nitrogens with one attached hydrogen (secondary N) is 2. The van der Waals surface area contributed by atoms with Crippen molar-refractivity contribution in [2.45, 2.75) is 38.3 Å². The summed E-state index contributed by atoms with van der Waals surface area (Å²) < 4.78 is 31.8. The number of benzene rings is 2. The quantitative estimate of drug-likeness (QED) is 0.499. The summed E-state index contributed by atoms with van der Waals surface area (Å²) >= 11 is 0. The van der Waals surface area contributed by atoms with Crippen molar-refractivity contribution in [2.75, 3.05) is 24.3 Å². The molecular weight excluding hydrogens is 456 g/mol. The van der Waals surface area contributed by atoms with Gasteiger partial charge in [-0.1, -0.05) is 37.6 Å². The average molecular weight is 485 g/mol. The number of unbranched alkanes of at least 4 members (excludes halogenated alkanes) is 1. The number of nitriles is 1. The zero-order valence-electron chi connectivity index (χ0n) is 19.2. The molecule has 1 saturated heterocycles. The van der Waals surface area contributed by atoms with Crippen LogP contribution in [-0.4, -0.2) is 45.9 Å². The van der Waals surface area contributed by atoms with Crippen molar-refractivity contribution >= 4 is 27.7 Å². The first kappa shape index (κ1) is 25.2. The van der Waals surface area contributed by atoms with Gasteiger partial charge in [-0.25, -0.2) is 17.9 Å². The van der Waals surface area contributed by atoms with Crippen LogP contribution >= 0.6 is 0 Å². The number of urea groups is 1. The lowest BCUT2D eigenvalue weighted by molar-refractivity contribution is -0.142. The fourth-order valence-corrected chi connectivity index (χ4v) is 5.15. The maximum absolute atomic E-state index is 12.6. The Balaban J connectivity index is 1.70. The predicted octanol–water partition coefficient (Wildman–Crippen LogP) is 2.63. The number of rotatable bonds is 10. The van der Waals surface area contributed by atoms with Crippen molar-refractivity contribution in [1.29, 1.82) is 5.26 Å². The molecule has 180 valence electrons. The van der Waals surface area contributed by atoms with E-state index in [-0.39, 0.29) is 24.2 Å². The van der Waals surface area contributed by atoms with Gasteiger partial charge in [0.05, 0.1) is 37.1 Å². The van der Waals surface area contributed by atoms with Crippen molar-refractivity contribution in [3.05, 3.63) is 65.2 Å². The lowest BCUT2D eigenvalue weighted by Gasteiger charge is -2.18. The van der Waals surface area contributed by atoms with Gasteiger partial charge in [-0.2, -0.15) is 5.26 Å². The number of esters is 1. The van der Waals surface area contributed by atoms with Gasteiger partial charge in [-0.3, -0.25) is 9.69 Å². The molecular formula is C24H28N4O5S. The number of amides is 2. The zero-order valence-corrected chi connectivity index (χ0v) is 20.0. The van der Waals surface area contributed by atoms with Crippen molar-refractivity contribution in [1.82, 2.24) is 10.0 Å². The van der Waals surface area contributed by atoms with Gasteiger partial charge in [0.15, 0.2) is 0 Å². The van der Waals surface area contributed by atoms with Crippen LogP contribution in [0.2, 0.25) is 0 Å². The minimum atomic E-state index is -3.62. The van der Waals surface area contributed by atoms with Crippen LogP contribution in [0.25, 0.3) is 0 Å². The molecule has 0 aromatic heterocycles. The molecule has 2 atom stereocenters. The topological polar surface area (TPSA) is 129 Å². The highest BCUT2D eigenvalue weighted by Crippen LogP contribution is 2.26. The Morgan fingerprint density at radius 3 is 2.68 bits per heavy atom. The van der Waals surface area contributed by atoms with Crippen LogP contribution in [0, 0.1) is 11.3 Å². The van der Waals surface area contributed by atoms with E-state index in [1.165, 1.54) is 7.11 Å². The number of anilines is 1. The molecule has 0 saturated carbocycles. The highest BCUT2D eigenvalue weighted by Gasteiger charge is 2.31. The summed E-state index contributed by atoms with van der Waals surface area (Å²) in [5, 5.41) is 12.0. The Morgan fingerprint density at radius 1 is 1.29 bits per heavy atom. The van der Waals surface area contributed by atoms with E-state index >= 15 is 0 Å². The van der Waals surface area contributed by atoms with Crippen LogP contribution in [0.1, 0.15) is 42.5 Å². The van der Waals surface area contributed by atoms with Gasteiger partial charge in [-0.05, 0) is 48.2 Å². The van der Waals surface area contributed by atoms with Gasteiger partial charge >= 0.3 is 12.0 Å². The van der Waals surface area contributed by atoms with E-state index in [4.69, 9.17) is 10.00 Å². The minimum Gasteiger partial charge on any atom is -0.468 e. The number of hydrogen-bond donors (Lipinski definition) is 2. The fraction of sp³-hybridized carbons (Fsp3) is 0.375. The van der Waals surface area contributed by atoms with Crippen LogP contribution in [-0.2, 0) is 26.0 Å². The Hall–Kier alpha value is -3.42. The predicted molar refractivity (Wildman–Crippen MR) is 128 cm³/mol. The molecule has 3 rings (SSSR count). The molecule has 34 heavy (non-hydrogen) atoms. The van der Waals surface area contributed by atoms with Crippen LogP contribution in [0.4, 0.5) is 10.5 Å². The third-order valence-electron chi connectivity index (χ3n) is 5.59. The number of nitrogens with zero attached hydrogens (tertiary/aromatic N) is 2. The normalized spacial score (nSPS) is 16.6. The lowest BCUT2D eigenvalue weighted by atomic mass is 10.0. The molecule has 0 spiro atoms. The fourth-order valence-electron chi connectivity index (χ4n) is 3.75. The molecule has 2 unspecified atom stereocenters. The summed E-state index contributed by atoms with van der Waals surface area (Å²) in [5.74, 6) is -0.719. The Kier molecular flexibility index (Phi) is 8.26. The summed E-state index contributed by atoms with van der Waals surface area (Å²) in [5.41, 5.74) is 2.76. The number of ether oxygens (including phenoxy) is 1. The molecule has 1 aliphatic rings. The Bertz CT molecular complexity index is 1170. The molecule has 0 bridgehead atoms. The van der Waals surface area contributed by atoms with Crippen molar-refractivity contribution in [3.8, 4) is 6.07 Å². The van der Waals surface area contributed by atoms with Crippen molar-refractivity contribution in [3.63, 3.8) is 0 Å². The second-order valence-corrected chi connectivity index (χ2v) is 9.96. The number of sulfonamides is 1. The summed E-state index contributed by atoms with van der Waals surface area (Å²) in [7, 11) is -2.40. The van der Waals surface area contributed by atoms with Crippen molar-refractivity contribution in [2.24, 2.45) is 0 Å². The third-order valence-corrected chi connectivity index (χ3v) is 7.06. The van der Waals surface area contributed by atoms with Crippen LogP contribution in [0.3, 0.4) is 0 Å². The van der Waals surface area contributed by atoms with Crippen LogP contribution in [0.5, 0.6) is 0 Å². The highest BCUT2D eigenvalue weighted by molar-refractivity contribution is 7.89. The van der Waals surface area contributed by atoms with Crippen LogP contribution < -0.4 is 14.9 Å². The number of methoxy groups -OCH3 is 1. The van der Waals surface area contributed by atoms with Crippen molar-refractivity contribution < 1.29 is 22.7 Å². The Labute approximate surface area is 199 Å². The first-order chi connectivity index (χ1) is 16.3. The Morgan fingerprint density at radius 2 is 2.03 bits per heavy atom. The third kappa shape index (κ3) is 6.34. The molecule has 1 heterocycles. The first-order valence-corrected chi connectivity index (χ1v) is 12.7. The molecule has 0 aliphatic carbocycles. The van der Waals surface area contributed by atoms with E-state index in [9.17, 15) is 18.0 Å². The molecule has 2 aromatic rings. The van der Waals surface area contributed by atoms with Gasteiger partial charge in [0.1, 0.15) is 6.04 Å². The number of hydrogen-bond acceptors (Lipinski definition) is 6. The maximum atomic E-state index is 12.6. The minimum absolute atomic E-state index is 0.0571. The van der Waals surface area contributed by atoms with E-state index in [0.29, 0.717) is 24.2 Å². The molecule has 2 N–H and O–H groups in total. The summed E-state index contributed by atoms with van der Waals surface area (Å²) in [6, 6.07) is 14.7. The van der Waals surface area contributed by atoms with E-state index in [0.717, 1.165) is 17.5 Å². The second-order valence-electron chi connectivity index (χ2n) is 8.09. The molecule has 2 amide bonds. The van der Waals surface area contributed by atoms with Gasteiger partial charge in [0.2, 0.25) is 10.0 Å². The van der Waals surface area contributed by atoms with E-state index in [1.54, 1.807) is 47.4 Å². The van der Waals surface area contributed by atoms with E-state index in [2.05, 4.69) is 16.1 Å². The molecule has 1 aliphatic heterocycles. The zero-order chi connectivity index (χ0) is 24.7. The monoisotopic (exact) mass is 484 g/mol. The van der Waals surface area contributed by atoms with Gasteiger partial charge < -0.3 is 10.1 Å². The van der Waals surface area contributed by atoms with E-state index < -0.39 is 22.0 Å². The average Bonchev–Trinajstić information content (AvgIpc) is 3.23. The molecule has 9 nitrogen and oxygen atoms in total. The number of carbonyl (C=O) groups excluding carboxylic acids is 2. The second kappa shape index (κ2) is 11.1. The van der Waals surface area contributed by atoms with Gasteiger partial charge in [-0.15, -0.1) is 0 Å². The van der Waals surface area contributed by atoms with Crippen LogP contribution in [0.15, 0.2) is 48.5 Å². The smallest absolute Gasteiger partial charge is 0.324 e. The largest absolute Gasteiger partial charge is 0.468 e. The molecule has 0 radical (unpaired) electrons. The number of carbonyl (C=O) groups is 2. The van der Waals surface area contributed by atoms with Gasteiger partial charge in [0, 0.05) is 5.69 Å². The highest BCUT2D eigenvalue weighted by atomic mass is 32.2. The van der Waals surface area contributed by atoms with Gasteiger partial charge in [0.25, 0.3) is 0 Å². The molecule has 10 heteroatoms. The summed E-state index contributed by atoms with van der Waals surface area (Å²) in [6.45, 7) is 2.29. The standard InChI is InChI=1S/C24H28N4O5S/c1-3-4-12-34(31,32)27-21(23(29)33-2)14-17-8-10-20(11-9-17)28-16-22(26-24(28)30)19-7-5-6-18(13-19)15-25/h5-11,13,21-22,27H,3-4,12,14,16H2,1-2H3,(H,26,30).